The van der Waals surface area contributed by atoms with Crippen molar-refractivity contribution >= 4 is 0 Å². The fraction of sp³-hybridized carbons (Fsp3) is 0.810. The highest BCUT2D eigenvalue weighted by Gasteiger charge is 2.55. The first-order chi connectivity index (χ1) is 10.5. The maximum atomic E-state index is 9.96. The summed E-state index contributed by atoms with van der Waals surface area (Å²) < 4.78 is 0. The van der Waals surface area contributed by atoms with Crippen molar-refractivity contribution in [2.75, 3.05) is 0 Å². The fourth-order valence-electron chi connectivity index (χ4n) is 7.02. The summed E-state index contributed by atoms with van der Waals surface area (Å²) in [5.41, 5.74) is 1.76. The lowest BCUT2D eigenvalue weighted by molar-refractivity contribution is -0.0150. The summed E-state index contributed by atoms with van der Waals surface area (Å²) in [5, 5.41) is 9.96. The van der Waals surface area contributed by atoms with Crippen molar-refractivity contribution in [1.82, 2.24) is 0 Å². The van der Waals surface area contributed by atoms with Crippen molar-refractivity contribution in [1.29, 1.82) is 0 Å². The Morgan fingerprint density at radius 2 is 2.05 bits per heavy atom. The largest absolute Gasteiger partial charge is 0.385 e. The van der Waals surface area contributed by atoms with Crippen LogP contribution in [0.25, 0.3) is 0 Å². The predicted octanol–water partition coefficient (Wildman–Crippen LogP) is 4.97. The maximum absolute atomic E-state index is 9.96. The molecular formula is C21H32O. The molecule has 0 aromatic heterocycles. The molecule has 1 N–H and O–H groups in total. The van der Waals surface area contributed by atoms with Gasteiger partial charge in [0.05, 0.1) is 6.10 Å². The molecule has 4 aliphatic carbocycles. The highest BCUT2D eigenvalue weighted by Crippen LogP contribution is 2.63. The Morgan fingerprint density at radius 3 is 2.82 bits per heavy atom. The second-order valence-corrected chi connectivity index (χ2v) is 8.83. The van der Waals surface area contributed by atoms with Crippen molar-refractivity contribution in [3.8, 4) is 0 Å². The molecule has 0 amide bonds. The molecule has 0 aliphatic heterocycles. The van der Waals surface area contributed by atoms with Crippen LogP contribution in [0.1, 0.15) is 59.3 Å². The average molecular weight is 300 g/mol. The molecule has 0 radical (unpaired) electrons. The van der Waals surface area contributed by atoms with E-state index in [0.717, 1.165) is 35.5 Å². The van der Waals surface area contributed by atoms with Gasteiger partial charge >= 0.3 is 0 Å². The van der Waals surface area contributed by atoms with E-state index >= 15 is 0 Å². The second kappa shape index (κ2) is 5.23. The normalized spacial score (nSPS) is 53.5. The van der Waals surface area contributed by atoms with Crippen LogP contribution in [0.3, 0.4) is 0 Å². The summed E-state index contributed by atoms with van der Waals surface area (Å²) in [6.45, 7) is 7.39. The molecule has 4 aliphatic rings. The number of hydrogen-bond donors (Lipinski definition) is 1. The van der Waals surface area contributed by atoms with Crippen molar-refractivity contribution in [3.63, 3.8) is 0 Å². The van der Waals surface area contributed by atoms with Gasteiger partial charge in [-0.3, -0.25) is 0 Å². The van der Waals surface area contributed by atoms with E-state index in [9.17, 15) is 5.11 Å². The highest BCUT2D eigenvalue weighted by atomic mass is 16.3. The van der Waals surface area contributed by atoms with Crippen LogP contribution in [0, 0.1) is 40.9 Å². The Hall–Kier alpha value is -0.560. The van der Waals surface area contributed by atoms with Crippen LogP contribution in [0.2, 0.25) is 0 Å². The topological polar surface area (TPSA) is 20.2 Å². The zero-order chi connectivity index (χ0) is 15.5. The van der Waals surface area contributed by atoms with E-state index in [1.54, 1.807) is 0 Å². The molecule has 0 saturated heterocycles. The molecule has 3 saturated carbocycles. The summed E-state index contributed by atoms with van der Waals surface area (Å²) in [6.07, 6.45) is 14.5. The zero-order valence-corrected chi connectivity index (χ0v) is 14.5. The summed E-state index contributed by atoms with van der Waals surface area (Å²) in [5.74, 6) is 5.60. The summed E-state index contributed by atoms with van der Waals surface area (Å²) in [4.78, 5) is 0. The Morgan fingerprint density at radius 1 is 1.23 bits per heavy atom. The van der Waals surface area contributed by atoms with Crippen LogP contribution in [-0.4, -0.2) is 11.2 Å². The SMILES string of the molecule is CC[C@H]1CCC2C3CCC4=C[C@@H](O)C=C[C@]4(C)C3C[C@@H](C)C21. The van der Waals surface area contributed by atoms with E-state index in [-0.39, 0.29) is 11.5 Å². The van der Waals surface area contributed by atoms with Crippen LogP contribution in [0.15, 0.2) is 23.8 Å². The molecule has 1 heteroatoms. The van der Waals surface area contributed by atoms with Gasteiger partial charge in [0, 0.05) is 5.41 Å². The Bertz CT molecular complexity index is 504. The monoisotopic (exact) mass is 300 g/mol. The molecule has 0 bridgehead atoms. The van der Waals surface area contributed by atoms with Gasteiger partial charge in [-0.15, -0.1) is 0 Å². The number of fused-ring (bicyclic) bond motifs is 5. The molecule has 0 aromatic rings. The van der Waals surface area contributed by atoms with Crippen LogP contribution < -0.4 is 0 Å². The highest BCUT2D eigenvalue weighted by molar-refractivity contribution is 5.33. The number of aliphatic hydroxyl groups is 1. The van der Waals surface area contributed by atoms with Gasteiger partial charge in [-0.2, -0.15) is 0 Å². The minimum Gasteiger partial charge on any atom is -0.385 e. The number of rotatable bonds is 1. The Balaban J connectivity index is 1.67. The minimum atomic E-state index is -0.343. The van der Waals surface area contributed by atoms with Crippen LogP contribution >= 0.6 is 0 Å². The lowest BCUT2D eigenvalue weighted by Crippen LogP contribution is -2.48. The van der Waals surface area contributed by atoms with Crippen molar-refractivity contribution in [2.24, 2.45) is 40.9 Å². The number of aliphatic hydroxyl groups excluding tert-OH is 1. The third-order valence-electron chi connectivity index (χ3n) is 8.00. The van der Waals surface area contributed by atoms with Gasteiger partial charge in [-0.05, 0) is 67.6 Å². The molecule has 4 unspecified atom stereocenters. The first-order valence-electron chi connectivity index (χ1n) is 9.63. The number of allylic oxidation sites excluding steroid dienone is 2. The van der Waals surface area contributed by atoms with Crippen molar-refractivity contribution < 1.29 is 5.11 Å². The smallest absolute Gasteiger partial charge is 0.0905 e. The fourth-order valence-corrected chi connectivity index (χ4v) is 7.02. The molecule has 0 heterocycles. The lowest BCUT2D eigenvalue weighted by Gasteiger charge is -2.56. The lowest BCUT2D eigenvalue weighted by atomic mass is 9.49. The summed E-state index contributed by atoms with van der Waals surface area (Å²) in [7, 11) is 0. The van der Waals surface area contributed by atoms with Gasteiger partial charge in [0.15, 0.2) is 0 Å². The maximum Gasteiger partial charge on any atom is 0.0905 e. The third-order valence-corrected chi connectivity index (χ3v) is 8.00. The van der Waals surface area contributed by atoms with Gasteiger partial charge in [0.1, 0.15) is 0 Å². The van der Waals surface area contributed by atoms with E-state index in [1.807, 2.05) is 6.08 Å². The molecule has 3 fully saturated rings. The number of hydrogen-bond acceptors (Lipinski definition) is 1. The van der Waals surface area contributed by atoms with Crippen LogP contribution in [-0.2, 0) is 0 Å². The molecule has 0 spiro atoms. The summed E-state index contributed by atoms with van der Waals surface area (Å²) in [6, 6.07) is 0. The molecule has 1 nitrogen and oxygen atoms in total. The Kier molecular flexibility index (Phi) is 3.56. The first kappa shape index (κ1) is 15.0. The van der Waals surface area contributed by atoms with Crippen molar-refractivity contribution in [2.45, 2.75) is 65.4 Å². The van der Waals surface area contributed by atoms with Crippen LogP contribution in [0.5, 0.6) is 0 Å². The van der Waals surface area contributed by atoms with Gasteiger partial charge in [-0.25, -0.2) is 0 Å². The molecular weight excluding hydrogens is 268 g/mol. The molecule has 122 valence electrons. The molecule has 0 aromatic carbocycles. The first-order valence-corrected chi connectivity index (χ1v) is 9.63. The van der Waals surface area contributed by atoms with Gasteiger partial charge in [0.25, 0.3) is 0 Å². The molecule has 22 heavy (non-hydrogen) atoms. The Labute approximate surface area is 135 Å². The molecule has 4 rings (SSSR count). The summed E-state index contributed by atoms with van der Waals surface area (Å²) >= 11 is 0. The third kappa shape index (κ3) is 2.00. The van der Waals surface area contributed by atoms with Gasteiger partial charge in [-0.1, -0.05) is 51.0 Å². The van der Waals surface area contributed by atoms with E-state index in [1.165, 1.54) is 44.1 Å². The van der Waals surface area contributed by atoms with Gasteiger partial charge in [0.2, 0.25) is 0 Å². The van der Waals surface area contributed by atoms with Crippen molar-refractivity contribution in [3.05, 3.63) is 23.8 Å². The standard InChI is InChI=1S/C21H32O/c1-4-14-5-7-18-17-8-6-15-12-16(22)9-10-21(15,3)19(17)11-13(2)20(14)18/h9-10,12-14,16-20,22H,4-8,11H2,1-3H3/t13-,14+,16+,17?,18?,19?,20?,21+/m1/s1. The second-order valence-electron chi connectivity index (χ2n) is 8.83. The van der Waals surface area contributed by atoms with Gasteiger partial charge < -0.3 is 5.11 Å². The van der Waals surface area contributed by atoms with E-state index in [0.29, 0.717) is 0 Å². The minimum absolute atomic E-state index is 0.228. The van der Waals surface area contributed by atoms with E-state index in [2.05, 4.69) is 32.9 Å². The van der Waals surface area contributed by atoms with Crippen LogP contribution in [0.4, 0.5) is 0 Å². The quantitative estimate of drug-likeness (QED) is 0.678. The predicted molar refractivity (Wildman–Crippen MR) is 91.3 cm³/mol. The van der Waals surface area contributed by atoms with E-state index in [4.69, 9.17) is 0 Å². The average Bonchev–Trinajstić information content (AvgIpc) is 2.94. The molecule has 8 atom stereocenters. The zero-order valence-electron chi connectivity index (χ0n) is 14.5. The van der Waals surface area contributed by atoms with E-state index < -0.39 is 0 Å².